The van der Waals surface area contributed by atoms with Crippen molar-refractivity contribution in [3.63, 3.8) is 0 Å². The second kappa shape index (κ2) is 7.62. The molecule has 0 aliphatic heterocycles. The summed E-state index contributed by atoms with van der Waals surface area (Å²) in [4.78, 5) is 0. The van der Waals surface area contributed by atoms with Gasteiger partial charge in [-0.3, -0.25) is 0 Å². The van der Waals surface area contributed by atoms with Crippen LogP contribution in [-0.2, 0) is 0 Å². The molecule has 0 spiro atoms. The van der Waals surface area contributed by atoms with E-state index in [-0.39, 0.29) is 0 Å². The Balaban J connectivity index is 1.51. The van der Waals surface area contributed by atoms with Gasteiger partial charge in [0.15, 0.2) is 0 Å². The Morgan fingerprint density at radius 3 is 1.46 bits per heavy atom. The van der Waals surface area contributed by atoms with Crippen LogP contribution in [0.25, 0.3) is 92.1 Å². The lowest BCUT2D eigenvalue weighted by molar-refractivity contribution is 1.20. The lowest BCUT2D eigenvalue weighted by Crippen LogP contribution is -1.97. The predicted molar refractivity (Wildman–Crippen MR) is 177 cm³/mol. The highest BCUT2D eigenvalue weighted by Gasteiger charge is 2.20. The molecule has 0 saturated heterocycles. The fourth-order valence-electron chi connectivity index (χ4n) is 7.62. The normalized spacial score (nSPS) is 12.4. The Kier molecular flexibility index (Phi) is 3.98. The quantitative estimate of drug-likeness (QED) is 0.151. The SMILES string of the molecule is c1ccc2c(c1)ccc1c3ccccc3n(-c3cc4c5ccccc5c5cccc6c7ccccc7c(c3)c4c56)c21. The van der Waals surface area contributed by atoms with Gasteiger partial charge in [-0.15, -0.1) is 0 Å². The summed E-state index contributed by atoms with van der Waals surface area (Å²) >= 11 is 0. The first kappa shape index (κ1) is 21.4. The van der Waals surface area contributed by atoms with Crippen molar-refractivity contribution in [1.29, 1.82) is 0 Å². The van der Waals surface area contributed by atoms with Crippen LogP contribution in [-0.4, -0.2) is 4.57 Å². The van der Waals surface area contributed by atoms with Crippen LogP contribution >= 0.6 is 0 Å². The van der Waals surface area contributed by atoms with Crippen molar-refractivity contribution in [3.8, 4) is 5.69 Å². The summed E-state index contributed by atoms with van der Waals surface area (Å²) in [6.45, 7) is 0. The van der Waals surface area contributed by atoms with Crippen LogP contribution in [0.15, 0.2) is 140 Å². The van der Waals surface area contributed by atoms with Gasteiger partial charge in [-0.25, -0.2) is 0 Å². The third kappa shape index (κ3) is 2.66. The van der Waals surface area contributed by atoms with Gasteiger partial charge in [0.05, 0.1) is 11.0 Å². The number of aromatic nitrogens is 1. The number of para-hydroxylation sites is 1. The Bertz CT molecular complexity index is 2590. The maximum atomic E-state index is 2.50. The zero-order valence-electron chi connectivity index (χ0n) is 22.2. The molecule has 188 valence electrons. The van der Waals surface area contributed by atoms with Gasteiger partial charge in [-0.2, -0.15) is 0 Å². The smallest absolute Gasteiger partial charge is 0.0619 e. The van der Waals surface area contributed by atoms with Gasteiger partial charge in [0.2, 0.25) is 0 Å². The summed E-state index contributed by atoms with van der Waals surface area (Å²) in [5, 5.41) is 18.4. The van der Waals surface area contributed by atoms with E-state index in [4.69, 9.17) is 0 Å². The topological polar surface area (TPSA) is 4.93 Å². The van der Waals surface area contributed by atoms with E-state index in [2.05, 4.69) is 144 Å². The highest BCUT2D eigenvalue weighted by molar-refractivity contribution is 6.40. The zero-order valence-corrected chi connectivity index (χ0v) is 22.2. The molecule has 1 nitrogen and oxygen atoms in total. The fraction of sp³-hybridized carbons (Fsp3) is 0. The Hall–Kier alpha value is -5.40. The van der Waals surface area contributed by atoms with Crippen molar-refractivity contribution < 1.29 is 0 Å². The van der Waals surface area contributed by atoms with E-state index in [0.717, 1.165) is 0 Å². The van der Waals surface area contributed by atoms with Crippen LogP contribution in [0.2, 0.25) is 0 Å². The molecule has 0 radical (unpaired) electrons. The minimum Gasteiger partial charge on any atom is -0.309 e. The summed E-state index contributed by atoms with van der Waals surface area (Å²) in [5.74, 6) is 0. The monoisotopic (exact) mass is 517 g/mol. The summed E-state index contributed by atoms with van der Waals surface area (Å²) < 4.78 is 2.50. The molecule has 10 rings (SSSR count). The third-order valence-electron chi connectivity index (χ3n) is 9.27. The van der Waals surface area contributed by atoms with E-state index < -0.39 is 0 Å². The molecule has 0 N–H and O–H groups in total. The standard InChI is InChI=1S/C40H23N/c1-2-11-26-24(10-1)20-21-34-31-16-7-8-19-37(31)41(40(26)34)25-22-35-29-14-5-3-12-27(29)32-17-9-18-33-28-13-4-6-15-30(28)36(23-25)39(35)38(32)33/h1-23H. The molecule has 10 aromatic rings. The zero-order chi connectivity index (χ0) is 26.7. The molecular formula is C40H23N. The molecule has 1 aromatic heterocycles. The fourth-order valence-corrected chi connectivity index (χ4v) is 7.62. The Morgan fingerprint density at radius 1 is 0.317 bits per heavy atom. The van der Waals surface area contributed by atoms with Crippen LogP contribution in [0.4, 0.5) is 0 Å². The summed E-state index contributed by atoms with van der Waals surface area (Å²) in [7, 11) is 0. The molecule has 0 fully saturated rings. The molecule has 41 heavy (non-hydrogen) atoms. The van der Waals surface area contributed by atoms with Gasteiger partial charge in [-0.1, -0.05) is 121 Å². The molecule has 1 heteroatoms. The Morgan fingerprint density at radius 2 is 0.805 bits per heavy atom. The molecule has 1 heterocycles. The summed E-state index contributed by atoms with van der Waals surface area (Å²) in [6, 6.07) is 51.7. The van der Waals surface area contributed by atoms with Gasteiger partial charge in [0.1, 0.15) is 0 Å². The van der Waals surface area contributed by atoms with Gasteiger partial charge in [-0.05, 0) is 77.4 Å². The average molecular weight is 518 g/mol. The van der Waals surface area contributed by atoms with Crippen LogP contribution in [0.5, 0.6) is 0 Å². The van der Waals surface area contributed by atoms with Crippen LogP contribution in [0.1, 0.15) is 0 Å². The number of rotatable bonds is 1. The van der Waals surface area contributed by atoms with Crippen molar-refractivity contribution in [2.75, 3.05) is 0 Å². The van der Waals surface area contributed by atoms with Crippen LogP contribution < -0.4 is 0 Å². The number of nitrogens with zero attached hydrogens (tertiary/aromatic N) is 1. The van der Waals surface area contributed by atoms with E-state index in [1.807, 2.05) is 0 Å². The maximum absolute atomic E-state index is 2.50. The minimum atomic E-state index is 1.20. The molecule has 0 aliphatic rings. The van der Waals surface area contributed by atoms with Crippen molar-refractivity contribution in [2.45, 2.75) is 0 Å². The van der Waals surface area contributed by atoms with Crippen molar-refractivity contribution >= 4 is 86.4 Å². The summed E-state index contributed by atoms with van der Waals surface area (Å²) in [6.07, 6.45) is 0. The van der Waals surface area contributed by atoms with Gasteiger partial charge >= 0.3 is 0 Å². The molecule has 9 aromatic carbocycles. The Labute approximate surface area is 235 Å². The summed E-state index contributed by atoms with van der Waals surface area (Å²) in [5.41, 5.74) is 3.71. The van der Waals surface area contributed by atoms with Gasteiger partial charge < -0.3 is 4.57 Å². The van der Waals surface area contributed by atoms with Gasteiger partial charge in [0, 0.05) is 21.8 Å². The molecule has 0 bridgehead atoms. The van der Waals surface area contributed by atoms with E-state index in [1.165, 1.54) is 92.1 Å². The lowest BCUT2D eigenvalue weighted by Gasteiger charge is -2.19. The van der Waals surface area contributed by atoms with Crippen molar-refractivity contribution in [1.82, 2.24) is 4.57 Å². The van der Waals surface area contributed by atoms with E-state index in [0.29, 0.717) is 0 Å². The van der Waals surface area contributed by atoms with Crippen LogP contribution in [0.3, 0.4) is 0 Å². The lowest BCUT2D eigenvalue weighted by atomic mass is 9.86. The van der Waals surface area contributed by atoms with Crippen molar-refractivity contribution in [3.05, 3.63) is 140 Å². The third-order valence-corrected chi connectivity index (χ3v) is 9.27. The van der Waals surface area contributed by atoms with E-state index >= 15 is 0 Å². The minimum absolute atomic E-state index is 1.20. The number of hydrogen-bond acceptors (Lipinski definition) is 0. The molecule has 0 unspecified atom stereocenters. The van der Waals surface area contributed by atoms with Gasteiger partial charge in [0.25, 0.3) is 0 Å². The number of fused-ring (bicyclic) bond motifs is 11. The average Bonchev–Trinajstić information content (AvgIpc) is 3.39. The molecule has 0 aliphatic carbocycles. The predicted octanol–water partition coefficient (Wildman–Crippen LogP) is 11.1. The van der Waals surface area contributed by atoms with E-state index in [9.17, 15) is 0 Å². The maximum Gasteiger partial charge on any atom is 0.0619 e. The van der Waals surface area contributed by atoms with Crippen molar-refractivity contribution in [2.24, 2.45) is 0 Å². The second-order valence-corrected chi connectivity index (χ2v) is 11.3. The molecule has 0 atom stereocenters. The second-order valence-electron chi connectivity index (χ2n) is 11.3. The first-order valence-electron chi connectivity index (χ1n) is 14.3. The number of benzene rings is 9. The number of hydrogen-bond donors (Lipinski definition) is 0. The molecule has 0 amide bonds. The first-order valence-corrected chi connectivity index (χ1v) is 14.3. The highest BCUT2D eigenvalue weighted by Crippen LogP contribution is 2.46. The van der Waals surface area contributed by atoms with Crippen LogP contribution in [0, 0.1) is 0 Å². The largest absolute Gasteiger partial charge is 0.309 e. The van der Waals surface area contributed by atoms with E-state index in [1.54, 1.807) is 0 Å². The highest BCUT2D eigenvalue weighted by atomic mass is 15.0. The molecule has 0 saturated carbocycles. The molecular weight excluding hydrogens is 494 g/mol. The first-order chi connectivity index (χ1) is 20.4.